The molecule has 0 radical (unpaired) electrons. The minimum Gasteiger partial charge on any atom is -0.375 e. The number of amides is 1. The average Bonchev–Trinajstić information content (AvgIpc) is 2.37. The third-order valence-electron chi connectivity index (χ3n) is 2.97. The molecule has 0 bridgehead atoms. The number of hydrazine groups is 1. The van der Waals surface area contributed by atoms with Crippen molar-refractivity contribution in [3.05, 3.63) is 34.9 Å². The third kappa shape index (κ3) is 3.27. The summed E-state index contributed by atoms with van der Waals surface area (Å²) in [5.41, 5.74) is 8.72. The highest BCUT2D eigenvalue weighted by atomic mass is 32.1. The fourth-order valence-electron chi connectivity index (χ4n) is 1.94. The minimum atomic E-state index is -0.280. The van der Waals surface area contributed by atoms with Crippen molar-refractivity contribution in [2.75, 3.05) is 0 Å². The maximum Gasteiger partial charge on any atom is 0.247 e. The lowest BCUT2D eigenvalue weighted by molar-refractivity contribution is -0.126. The zero-order chi connectivity index (χ0) is 13.7. The number of aryl methyl sites for hydroxylation is 2. The molecule has 0 fully saturated rings. The number of hydrogen-bond donors (Lipinski definition) is 2. The molecular weight excluding hydrogens is 246 g/mol. The minimum absolute atomic E-state index is 0.105. The Morgan fingerprint density at radius 2 is 1.78 bits per heavy atom. The summed E-state index contributed by atoms with van der Waals surface area (Å²) in [7, 11) is 0. The SMILES string of the molecule is CCc1cccc(CC)c1CC(=O)N(N)C(N)=S. The maximum atomic E-state index is 11.9. The van der Waals surface area contributed by atoms with Crippen molar-refractivity contribution in [2.24, 2.45) is 11.6 Å². The lowest BCUT2D eigenvalue weighted by atomic mass is 9.95. The van der Waals surface area contributed by atoms with Crippen molar-refractivity contribution < 1.29 is 4.79 Å². The van der Waals surface area contributed by atoms with Gasteiger partial charge in [-0.1, -0.05) is 32.0 Å². The molecule has 1 amide bonds. The van der Waals surface area contributed by atoms with Crippen LogP contribution in [0.3, 0.4) is 0 Å². The molecule has 1 aromatic rings. The van der Waals surface area contributed by atoms with E-state index in [-0.39, 0.29) is 17.4 Å². The lowest BCUT2D eigenvalue weighted by Gasteiger charge is -2.17. The van der Waals surface area contributed by atoms with Crippen molar-refractivity contribution >= 4 is 23.2 Å². The Bertz CT molecular complexity index is 437. The Balaban J connectivity index is 3.02. The smallest absolute Gasteiger partial charge is 0.247 e. The molecule has 0 aliphatic carbocycles. The van der Waals surface area contributed by atoms with Crippen LogP contribution in [0, 0.1) is 0 Å². The summed E-state index contributed by atoms with van der Waals surface area (Å²) in [6.45, 7) is 4.13. The van der Waals surface area contributed by atoms with Gasteiger partial charge in [0.2, 0.25) is 5.91 Å². The molecule has 18 heavy (non-hydrogen) atoms. The Kier molecular flexibility index (Phi) is 5.25. The topological polar surface area (TPSA) is 72.3 Å². The van der Waals surface area contributed by atoms with Gasteiger partial charge < -0.3 is 5.73 Å². The number of benzene rings is 1. The van der Waals surface area contributed by atoms with Gasteiger partial charge in [0.1, 0.15) is 0 Å². The van der Waals surface area contributed by atoms with Gasteiger partial charge in [0.25, 0.3) is 0 Å². The molecule has 4 N–H and O–H groups in total. The van der Waals surface area contributed by atoms with E-state index in [1.54, 1.807) is 0 Å². The summed E-state index contributed by atoms with van der Waals surface area (Å²) >= 11 is 4.69. The van der Waals surface area contributed by atoms with E-state index in [0.29, 0.717) is 0 Å². The van der Waals surface area contributed by atoms with Gasteiger partial charge in [-0.25, -0.2) is 10.9 Å². The molecular formula is C13H19N3OS. The van der Waals surface area contributed by atoms with E-state index < -0.39 is 0 Å². The molecule has 0 atom stereocenters. The summed E-state index contributed by atoms with van der Waals surface area (Å²) in [5, 5.41) is 0.730. The van der Waals surface area contributed by atoms with Crippen molar-refractivity contribution in [1.82, 2.24) is 5.01 Å². The van der Waals surface area contributed by atoms with E-state index in [4.69, 9.17) is 23.8 Å². The highest BCUT2D eigenvalue weighted by Crippen LogP contribution is 2.17. The van der Waals surface area contributed by atoms with E-state index in [0.717, 1.165) is 23.4 Å². The molecule has 0 saturated carbocycles. The molecule has 1 rings (SSSR count). The molecule has 0 spiro atoms. The molecule has 0 aromatic heterocycles. The van der Waals surface area contributed by atoms with Crippen molar-refractivity contribution in [2.45, 2.75) is 33.1 Å². The standard InChI is InChI=1S/C13H19N3OS/c1-3-9-6-5-7-10(4-2)11(9)8-12(17)16(15)13(14)18/h5-7H,3-4,8,15H2,1-2H3,(H2,14,18). The predicted octanol–water partition coefficient (Wildman–Crippen LogP) is 1.30. The van der Waals surface area contributed by atoms with E-state index in [1.165, 1.54) is 11.1 Å². The fourth-order valence-corrected chi connectivity index (χ4v) is 2.04. The number of nitrogens with two attached hydrogens (primary N) is 2. The average molecular weight is 265 g/mol. The normalized spacial score (nSPS) is 10.2. The monoisotopic (exact) mass is 265 g/mol. The van der Waals surface area contributed by atoms with Crippen LogP contribution in [0.2, 0.25) is 0 Å². The summed E-state index contributed by atoms with van der Waals surface area (Å²) < 4.78 is 0. The fraction of sp³-hybridized carbons (Fsp3) is 0.385. The lowest BCUT2D eigenvalue weighted by Crippen LogP contribution is -2.46. The van der Waals surface area contributed by atoms with Gasteiger partial charge in [0.15, 0.2) is 5.11 Å². The van der Waals surface area contributed by atoms with Crippen LogP contribution >= 0.6 is 12.2 Å². The van der Waals surface area contributed by atoms with Crippen molar-refractivity contribution in [3.8, 4) is 0 Å². The van der Waals surface area contributed by atoms with E-state index in [9.17, 15) is 4.79 Å². The van der Waals surface area contributed by atoms with Gasteiger partial charge in [0, 0.05) is 0 Å². The zero-order valence-electron chi connectivity index (χ0n) is 10.8. The van der Waals surface area contributed by atoms with Crippen LogP contribution in [-0.4, -0.2) is 16.0 Å². The number of rotatable bonds is 4. The van der Waals surface area contributed by atoms with Crippen LogP contribution in [0.25, 0.3) is 0 Å². The van der Waals surface area contributed by atoms with Crippen LogP contribution in [0.4, 0.5) is 0 Å². The van der Waals surface area contributed by atoms with Crippen LogP contribution < -0.4 is 11.6 Å². The third-order valence-corrected chi connectivity index (χ3v) is 3.16. The summed E-state index contributed by atoms with van der Waals surface area (Å²) in [4.78, 5) is 11.9. The molecule has 0 aliphatic rings. The number of carbonyl (C=O) groups excluding carboxylic acids is 1. The van der Waals surface area contributed by atoms with Crippen LogP contribution in [0.1, 0.15) is 30.5 Å². The first-order valence-electron chi connectivity index (χ1n) is 5.97. The van der Waals surface area contributed by atoms with Crippen LogP contribution in [0.5, 0.6) is 0 Å². The van der Waals surface area contributed by atoms with Crippen LogP contribution in [0.15, 0.2) is 18.2 Å². The predicted molar refractivity (Wildman–Crippen MR) is 76.7 cm³/mol. The largest absolute Gasteiger partial charge is 0.375 e. The van der Waals surface area contributed by atoms with E-state index in [2.05, 4.69) is 13.8 Å². The number of nitrogens with zero attached hydrogens (tertiary/aromatic N) is 1. The zero-order valence-corrected chi connectivity index (χ0v) is 11.6. The summed E-state index contributed by atoms with van der Waals surface area (Å²) in [6.07, 6.45) is 2.00. The van der Waals surface area contributed by atoms with Crippen molar-refractivity contribution in [3.63, 3.8) is 0 Å². The first kappa shape index (κ1) is 14.6. The van der Waals surface area contributed by atoms with E-state index >= 15 is 0 Å². The molecule has 4 nitrogen and oxygen atoms in total. The van der Waals surface area contributed by atoms with E-state index in [1.807, 2.05) is 18.2 Å². The van der Waals surface area contributed by atoms with Gasteiger partial charge in [-0.3, -0.25) is 4.79 Å². The molecule has 0 aliphatic heterocycles. The highest BCUT2D eigenvalue weighted by Gasteiger charge is 2.16. The molecule has 0 heterocycles. The Morgan fingerprint density at radius 1 is 1.28 bits per heavy atom. The second-order valence-corrected chi connectivity index (χ2v) is 4.46. The molecule has 1 aromatic carbocycles. The summed E-state index contributed by atoms with van der Waals surface area (Å²) in [5.74, 6) is 5.23. The number of hydrogen-bond acceptors (Lipinski definition) is 3. The molecule has 5 heteroatoms. The molecule has 0 unspecified atom stereocenters. The Hall–Kier alpha value is -1.46. The van der Waals surface area contributed by atoms with Gasteiger partial charge >= 0.3 is 0 Å². The number of thiocarbonyl (C=S) groups is 1. The van der Waals surface area contributed by atoms with Crippen molar-refractivity contribution in [1.29, 1.82) is 0 Å². The quantitative estimate of drug-likeness (QED) is 0.372. The first-order chi connectivity index (χ1) is 8.51. The first-order valence-corrected chi connectivity index (χ1v) is 6.38. The second-order valence-electron chi connectivity index (χ2n) is 4.04. The van der Waals surface area contributed by atoms with Gasteiger partial charge in [-0.05, 0) is 41.7 Å². The second kappa shape index (κ2) is 6.47. The van der Waals surface area contributed by atoms with Gasteiger partial charge in [0.05, 0.1) is 6.42 Å². The molecule has 98 valence electrons. The number of carbonyl (C=O) groups is 1. The van der Waals surface area contributed by atoms with Gasteiger partial charge in [-0.15, -0.1) is 0 Å². The highest BCUT2D eigenvalue weighted by molar-refractivity contribution is 7.80. The summed E-state index contributed by atoms with van der Waals surface area (Å²) in [6, 6.07) is 6.08. The van der Waals surface area contributed by atoms with Crippen LogP contribution in [-0.2, 0) is 24.1 Å². The molecule has 0 saturated heterocycles. The Morgan fingerprint density at radius 3 is 2.17 bits per heavy atom. The Labute approximate surface area is 113 Å². The maximum absolute atomic E-state index is 11.9. The van der Waals surface area contributed by atoms with Gasteiger partial charge in [-0.2, -0.15) is 0 Å².